The van der Waals surface area contributed by atoms with E-state index in [4.69, 9.17) is 5.73 Å². The van der Waals surface area contributed by atoms with E-state index in [1.807, 2.05) is 18.3 Å². The lowest BCUT2D eigenvalue weighted by atomic mass is 10.1. The number of benzene rings is 2. The van der Waals surface area contributed by atoms with Crippen LogP contribution in [0.4, 0.5) is 5.69 Å². The van der Waals surface area contributed by atoms with E-state index >= 15 is 0 Å². The molecule has 0 amide bonds. The molecule has 4 aromatic rings. The van der Waals surface area contributed by atoms with Gasteiger partial charge in [-0.1, -0.05) is 0 Å². The van der Waals surface area contributed by atoms with Crippen LogP contribution in [0, 0.1) is 0 Å². The smallest absolute Gasteiger partial charge is 0.115 e. The molecule has 2 aromatic heterocycles. The van der Waals surface area contributed by atoms with Gasteiger partial charge in [0.05, 0.1) is 10.2 Å². The topological polar surface area (TPSA) is 62.4 Å². The van der Waals surface area contributed by atoms with Crippen molar-refractivity contribution in [1.29, 1.82) is 0 Å². The molecule has 3 heterocycles. The van der Waals surface area contributed by atoms with Gasteiger partial charge in [0.25, 0.3) is 0 Å². The highest BCUT2D eigenvalue weighted by atomic mass is 32.1. The van der Waals surface area contributed by atoms with Crippen LogP contribution in [0.3, 0.4) is 0 Å². The predicted molar refractivity (Wildman–Crippen MR) is 109 cm³/mol. The van der Waals surface area contributed by atoms with Gasteiger partial charge in [-0.15, -0.1) is 11.3 Å². The lowest BCUT2D eigenvalue weighted by Crippen LogP contribution is -2.26. The molecule has 3 N–H and O–H groups in total. The van der Waals surface area contributed by atoms with Crippen molar-refractivity contribution in [3.8, 4) is 16.2 Å². The maximum atomic E-state index is 9.52. The van der Waals surface area contributed by atoms with Gasteiger partial charge in [0, 0.05) is 46.7 Å². The van der Waals surface area contributed by atoms with E-state index in [0.717, 1.165) is 30.6 Å². The van der Waals surface area contributed by atoms with Crippen molar-refractivity contribution in [2.75, 3.05) is 18.0 Å². The first kappa shape index (κ1) is 15.6. The number of anilines is 1. The van der Waals surface area contributed by atoms with Gasteiger partial charge in [-0.2, -0.15) is 0 Å². The van der Waals surface area contributed by atoms with Crippen LogP contribution < -0.4 is 10.6 Å². The van der Waals surface area contributed by atoms with Crippen molar-refractivity contribution in [2.45, 2.75) is 12.5 Å². The second-order valence-electron chi connectivity index (χ2n) is 6.89. The highest BCUT2D eigenvalue weighted by Crippen LogP contribution is 2.38. The van der Waals surface area contributed by atoms with Crippen LogP contribution in [-0.4, -0.2) is 29.2 Å². The average molecular weight is 361 g/mol. The van der Waals surface area contributed by atoms with E-state index < -0.39 is 0 Å². The quantitative estimate of drug-likeness (QED) is 0.557. The first-order chi connectivity index (χ1) is 12.7. The Morgan fingerprint density at radius 1 is 1.08 bits per heavy atom. The molecule has 5 rings (SSSR count). The molecule has 1 aliphatic rings. The van der Waals surface area contributed by atoms with Crippen molar-refractivity contribution in [3.63, 3.8) is 0 Å². The third-order valence-electron chi connectivity index (χ3n) is 5.09. The average Bonchev–Trinajstić information content (AvgIpc) is 3.28. The fourth-order valence-electron chi connectivity index (χ4n) is 3.68. The summed E-state index contributed by atoms with van der Waals surface area (Å²) in [6.45, 7) is 1.93. The molecule has 4 nitrogen and oxygen atoms in total. The zero-order valence-electron chi connectivity index (χ0n) is 14.2. The van der Waals surface area contributed by atoms with Crippen molar-refractivity contribution in [1.82, 2.24) is 4.98 Å². The molecular weight excluding hydrogens is 342 g/mol. The number of nitrogens with zero attached hydrogens (tertiary/aromatic N) is 2. The number of thiophene rings is 1. The van der Waals surface area contributed by atoms with E-state index in [1.54, 1.807) is 23.5 Å². The number of rotatable bonds is 2. The van der Waals surface area contributed by atoms with Crippen LogP contribution >= 0.6 is 11.3 Å². The lowest BCUT2D eigenvalue weighted by Gasteiger charge is -2.18. The first-order valence-electron chi connectivity index (χ1n) is 8.79. The highest BCUT2D eigenvalue weighted by molar-refractivity contribution is 7.22. The second-order valence-corrected chi connectivity index (χ2v) is 7.97. The summed E-state index contributed by atoms with van der Waals surface area (Å²) < 4.78 is 1.18. The highest BCUT2D eigenvalue weighted by Gasteiger charge is 2.20. The van der Waals surface area contributed by atoms with Gasteiger partial charge in [0.15, 0.2) is 0 Å². The first-order valence-corrected chi connectivity index (χ1v) is 9.61. The Kier molecular flexibility index (Phi) is 3.58. The van der Waals surface area contributed by atoms with Crippen molar-refractivity contribution in [2.24, 2.45) is 5.73 Å². The SMILES string of the molecule is N[C@H]1CCN(c2ccc3ncc4sc(-c5ccc(O)cc5)cc4c3c2)C1. The number of phenolic OH excluding ortho intramolecular Hbond substituents is 1. The summed E-state index contributed by atoms with van der Waals surface area (Å²) in [5.41, 5.74) is 9.42. The Balaban J connectivity index is 1.64. The number of hydrogen-bond donors (Lipinski definition) is 2. The largest absolute Gasteiger partial charge is 0.508 e. The van der Waals surface area contributed by atoms with Crippen molar-refractivity contribution >= 4 is 38.0 Å². The molecule has 1 fully saturated rings. The Bertz CT molecular complexity index is 1100. The minimum absolute atomic E-state index is 0.266. The van der Waals surface area contributed by atoms with Gasteiger partial charge in [-0.3, -0.25) is 4.98 Å². The molecule has 2 aromatic carbocycles. The van der Waals surface area contributed by atoms with E-state index in [0.29, 0.717) is 0 Å². The monoisotopic (exact) mass is 361 g/mol. The minimum atomic E-state index is 0.266. The number of fused-ring (bicyclic) bond motifs is 3. The zero-order chi connectivity index (χ0) is 17.7. The van der Waals surface area contributed by atoms with Gasteiger partial charge in [0.2, 0.25) is 0 Å². The van der Waals surface area contributed by atoms with Crippen LogP contribution in [0.5, 0.6) is 5.75 Å². The van der Waals surface area contributed by atoms with Crippen LogP contribution in [-0.2, 0) is 0 Å². The van der Waals surface area contributed by atoms with Crippen LogP contribution in [0.15, 0.2) is 54.7 Å². The predicted octanol–water partition coefficient (Wildman–Crippen LogP) is 4.36. The van der Waals surface area contributed by atoms with Gasteiger partial charge in [-0.05, 0) is 60.5 Å². The summed E-state index contributed by atoms with van der Waals surface area (Å²) in [5, 5.41) is 11.9. The summed E-state index contributed by atoms with van der Waals surface area (Å²) in [6, 6.07) is 16.3. The molecule has 0 bridgehead atoms. The Morgan fingerprint density at radius 3 is 2.69 bits per heavy atom. The molecule has 1 aliphatic heterocycles. The van der Waals surface area contributed by atoms with Gasteiger partial charge in [0.1, 0.15) is 5.75 Å². The molecular formula is C21H19N3OS. The molecule has 5 heteroatoms. The summed E-state index contributed by atoms with van der Waals surface area (Å²) in [5.74, 6) is 0.287. The number of nitrogens with two attached hydrogens (primary N) is 1. The molecule has 1 atom stereocenters. The maximum Gasteiger partial charge on any atom is 0.115 e. The van der Waals surface area contributed by atoms with E-state index in [1.165, 1.54) is 26.0 Å². The normalized spacial score (nSPS) is 17.4. The molecule has 0 spiro atoms. The number of aromatic nitrogens is 1. The zero-order valence-corrected chi connectivity index (χ0v) is 15.0. The van der Waals surface area contributed by atoms with E-state index in [-0.39, 0.29) is 11.8 Å². The third-order valence-corrected chi connectivity index (χ3v) is 6.21. The second kappa shape index (κ2) is 5.97. The molecule has 26 heavy (non-hydrogen) atoms. The van der Waals surface area contributed by atoms with Gasteiger partial charge < -0.3 is 15.7 Å². The third kappa shape index (κ3) is 2.60. The summed E-state index contributed by atoms with van der Waals surface area (Å²) in [6.07, 6.45) is 3.00. The van der Waals surface area contributed by atoms with Gasteiger partial charge >= 0.3 is 0 Å². The summed E-state index contributed by atoms with van der Waals surface area (Å²) in [7, 11) is 0. The molecule has 0 radical (unpaired) electrons. The Hall–Kier alpha value is -2.63. The summed E-state index contributed by atoms with van der Waals surface area (Å²) in [4.78, 5) is 8.18. The molecule has 130 valence electrons. The Morgan fingerprint density at radius 2 is 1.92 bits per heavy atom. The Labute approximate surface area is 155 Å². The number of phenols is 1. The number of aromatic hydroxyl groups is 1. The number of hydrogen-bond acceptors (Lipinski definition) is 5. The van der Waals surface area contributed by atoms with Crippen LogP contribution in [0.1, 0.15) is 6.42 Å². The summed E-state index contributed by atoms with van der Waals surface area (Å²) >= 11 is 1.73. The van der Waals surface area contributed by atoms with Crippen molar-refractivity contribution < 1.29 is 5.11 Å². The fourth-order valence-corrected chi connectivity index (χ4v) is 4.73. The van der Waals surface area contributed by atoms with Crippen LogP contribution in [0.25, 0.3) is 31.4 Å². The lowest BCUT2D eigenvalue weighted by molar-refractivity contribution is 0.475. The van der Waals surface area contributed by atoms with E-state index in [9.17, 15) is 5.11 Å². The van der Waals surface area contributed by atoms with Crippen LogP contribution in [0.2, 0.25) is 0 Å². The number of pyridine rings is 1. The minimum Gasteiger partial charge on any atom is -0.508 e. The maximum absolute atomic E-state index is 9.52. The molecule has 1 saturated heterocycles. The molecule has 0 aliphatic carbocycles. The molecule has 0 saturated carbocycles. The van der Waals surface area contributed by atoms with Crippen molar-refractivity contribution in [3.05, 3.63) is 54.7 Å². The van der Waals surface area contributed by atoms with E-state index in [2.05, 4.69) is 34.1 Å². The fraction of sp³-hybridized carbons (Fsp3) is 0.190. The molecule has 0 unspecified atom stereocenters. The van der Waals surface area contributed by atoms with Gasteiger partial charge in [-0.25, -0.2) is 0 Å². The standard InChI is InChI=1S/C21H19N3OS/c22-14-7-8-24(12-14)15-3-6-19-17(9-15)18-10-20(26-21(18)11-23-19)13-1-4-16(25)5-2-13/h1-6,9-11,14,25H,7-8,12,22H2/t14-/m0/s1.